The first-order valence-electron chi connectivity index (χ1n) is 2.84. The quantitative estimate of drug-likeness (QED) is 0.414. The highest BCUT2D eigenvalue weighted by atomic mass is 16.5. The molecule has 0 aliphatic rings. The van der Waals surface area contributed by atoms with E-state index in [1.807, 2.05) is 25.2 Å². The Labute approximate surface area is 56.3 Å². The third kappa shape index (κ3) is 3.59. The molecule has 0 saturated heterocycles. The largest absolute Gasteiger partial charge is 0.497 e. The second-order valence-electron chi connectivity index (χ2n) is 1.49. The van der Waals surface area contributed by atoms with E-state index in [4.69, 9.17) is 4.74 Å². The summed E-state index contributed by atoms with van der Waals surface area (Å²) in [5, 5.41) is 0. The number of rotatable bonds is 3. The summed E-state index contributed by atoms with van der Waals surface area (Å²) in [4.78, 5) is 0. The minimum absolute atomic E-state index is 0.856. The average Bonchev–Trinajstić information content (AvgIpc) is 1.91. The zero-order valence-electron chi connectivity index (χ0n) is 5.92. The van der Waals surface area contributed by atoms with Gasteiger partial charge < -0.3 is 4.74 Å². The summed E-state index contributed by atoms with van der Waals surface area (Å²) in [6.45, 7) is 5.45. The van der Waals surface area contributed by atoms with Crippen LogP contribution in [-0.2, 0) is 4.74 Å². The maximum absolute atomic E-state index is 4.93. The zero-order chi connectivity index (χ0) is 7.11. The Hall–Kier alpha value is -0.980. The number of hydrogen-bond donors (Lipinski definition) is 0. The molecule has 0 aliphatic heterocycles. The van der Waals surface area contributed by atoms with Crippen LogP contribution in [0.1, 0.15) is 6.92 Å². The van der Waals surface area contributed by atoms with Crippen molar-refractivity contribution >= 4 is 0 Å². The molecule has 0 bridgehead atoms. The molecule has 1 heteroatoms. The van der Waals surface area contributed by atoms with E-state index in [1.165, 1.54) is 0 Å². The fourth-order valence-electron chi connectivity index (χ4n) is 0.445. The van der Waals surface area contributed by atoms with Gasteiger partial charge in [0.05, 0.1) is 7.11 Å². The van der Waals surface area contributed by atoms with E-state index < -0.39 is 0 Å². The first kappa shape index (κ1) is 8.02. The minimum Gasteiger partial charge on any atom is -0.497 e. The lowest BCUT2D eigenvalue weighted by atomic mass is 10.4. The Morgan fingerprint density at radius 1 is 1.56 bits per heavy atom. The van der Waals surface area contributed by atoms with E-state index >= 15 is 0 Å². The summed E-state index contributed by atoms with van der Waals surface area (Å²) < 4.78 is 4.93. The number of ether oxygens (including phenoxy) is 1. The maximum Gasteiger partial charge on any atom is 0.114 e. The Bertz CT molecular complexity index is 132. The zero-order valence-corrected chi connectivity index (χ0v) is 5.92. The molecule has 0 aromatic heterocycles. The van der Waals surface area contributed by atoms with Gasteiger partial charge in [0, 0.05) is 0 Å². The number of allylic oxidation sites excluding steroid dienone is 4. The molecule has 0 atom stereocenters. The topological polar surface area (TPSA) is 9.23 Å². The lowest BCUT2D eigenvalue weighted by Gasteiger charge is -1.95. The molecular formula is C8H12O. The highest BCUT2D eigenvalue weighted by Crippen LogP contribution is 1.95. The summed E-state index contributed by atoms with van der Waals surface area (Å²) in [7, 11) is 1.64. The Morgan fingerprint density at radius 2 is 2.22 bits per heavy atom. The van der Waals surface area contributed by atoms with Crippen molar-refractivity contribution in [2.75, 3.05) is 7.11 Å². The van der Waals surface area contributed by atoms with Crippen LogP contribution in [0, 0.1) is 0 Å². The van der Waals surface area contributed by atoms with Gasteiger partial charge in [0.25, 0.3) is 0 Å². The molecule has 50 valence electrons. The molecule has 0 heterocycles. The minimum atomic E-state index is 0.856. The van der Waals surface area contributed by atoms with Crippen LogP contribution in [0.25, 0.3) is 0 Å². The Balaban J connectivity index is 3.84. The summed E-state index contributed by atoms with van der Waals surface area (Å²) in [6.07, 6.45) is 7.29. The lowest BCUT2D eigenvalue weighted by molar-refractivity contribution is 0.306. The SMILES string of the molecule is C=C/C=C\C(=C\C)OC. The van der Waals surface area contributed by atoms with E-state index in [-0.39, 0.29) is 0 Å². The van der Waals surface area contributed by atoms with Gasteiger partial charge in [-0.3, -0.25) is 0 Å². The van der Waals surface area contributed by atoms with Gasteiger partial charge in [-0.2, -0.15) is 0 Å². The van der Waals surface area contributed by atoms with E-state index in [0.717, 1.165) is 5.76 Å². The molecule has 0 saturated carbocycles. The maximum atomic E-state index is 4.93. The second-order valence-corrected chi connectivity index (χ2v) is 1.49. The van der Waals surface area contributed by atoms with Crippen LogP contribution < -0.4 is 0 Å². The van der Waals surface area contributed by atoms with Gasteiger partial charge in [-0.05, 0) is 19.1 Å². The molecule has 0 aromatic rings. The second kappa shape index (κ2) is 5.16. The number of methoxy groups -OCH3 is 1. The highest BCUT2D eigenvalue weighted by Gasteiger charge is 1.80. The third-order valence-electron chi connectivity index (χ3n) is 0.917. The molecule has 0 radical (unpaired) electrons. The van der Waals surface area contributed by atoms with Gasteiger partial charge in [-0.1, -0.05) is 18.7 Å². The van der Waals surface area contributed by atoms with Crippen LogP contribution in [0.2, 0.25) is 0 Å². The van der Waals surface area contributed by atoms with Crippen molar-refractivity contribution in [3.8, 4) is 0 Å². The van der Waals surface area contributed by atoms with Gasteiger partial charge in [0.1, 0.15) is 5.76 Å². The first-order chi connectivity index (χ1) is 4.35. The molecule has 0 rings (SSSR count). The number of hydrogen-bond acceptors (Lipinski definition) is 1. The summed E-state index contributed by atoms with van der Waals surface area (Å²) in [6, 6.07) is 0. The molecule has 0 fully saturated rings. The molecule has 9 heavy (non-hydrogen) atoms. The lowest BCUT2D eigenvalue weighted by Crippen LogP contribution is -1.77. The Morgan fingerprint density at radius 3 is 2.56 bits per heavy atom. The van der Waals surface area contributed by atoms with Crippen molar-refractivity contribution in [2.45, 2.75) is 6.92 Å². The van der Waals surface area contributed by atoms with Crippen molar-refractivity contribution < 1.29 is 4.74 Å². The molecule has 1 nitrogen and oxygen atoms in total. The monoisotopic (exact) mass is 124 g/mol. The fraction of sp³-hybridized carbons (Fsp3) is 0.250. The molecule has 0 unspecified atom stereocenters. The van der Waals surface area contributed by atoms with Crippen molar-refractivity contribution in [3.05, 3.63) is 36.6 Å². The van der Waals surface area contributed by atoms with Crippen LogP contribution >= 0.6 is 0 Å². The van der Waals surface area contributed by atoms with Gasteiger partial charge in [0.15, 0.2) is 0 Å². The van der Waals surface area contributed by atoms with Crippen LogP contribution in [0.5, 0.6) is 0 Å². The van der Waals surface area contributed by atoms with Crippen molar-refractivity contribution in [3.63, 3.8) is 0 Å². The van der Waals surface area contributed by atoms with Crippen LogP contribution in [-0.4, -0.2) is 7.11 Å². The van der Waals surface area contributed by atoms with E-state index in [9.17, 15) is 0 Å². The molecule has 0 N–H and O–H groups in total. The van der Waals surface area contributed by atoms with Crippen molar-refractivity contribution in [1.82, 2.24) is 0 Å². The summed E-state index contributed by atoms with van der Waals surface area (Å²) >= 11 is 0. The molecule has 0 spiro atoms. The fourth-order valence-corrected chi connectivity index (χ4v) is 0.445. The molecule has 0 amide bonds. The third-order valence-corrected chi connectivity index (χ3v) is 0.917. The Kier molecular flexibility index (Phi) is 4.60. The van der Waals surface area contributed by atoms with Gasteiger partial charge in [-0.15, -0.1) is 0 Å². The normalized spacial score (nSPS) is 12.0. The molecular weight excluding hydrogens is 112 g/mol. The van der Waals surface area contributed by atoms with Gasteiger partial charge >= 0.3 is 0 Å². The standard InChI is InChI=1S/C8H12O/c1-4-6-7-8(5-2)9-3/h4-7H,1H2,2-3H3/b7-6-,8-5-. The van der Waals surface area contributed by atoms with Crippen LogP contribution in [0.3, 0.4) is 0 Å². The predicted molar refractivity (Wildman–Crippen MR) is 40.1 cm³/mol. The smallest absolute Gasteiger partial charge is 0.114 e. The van der Waals surface area contributed by atoms with Gasteiger partial charge in [0.2, 0.25) is 0 Å². The van der Waals surface area contributed by atoms with Gasteiger partial charge in [-0.25, -0.2) is 0 Å². The van der Waals surface area contributed by atoms with E-state index in [1.54, 1.807) is 13.2 Å². The molecule has 0 aliphatic carbocycles. The predicted octanol–water partition coefficient (Wildman–Crippen LogP) is 2.28. The first-order valence-corrected chi connectivity index (χ1v) is 2.84. The van der Waals surface area contributed by atoms with Crippen LogP contribution in [0.4, 0.5) is 0 Å². The summed E-state index contributed by atoms with van der Waals surface area (Å²) in [5.74, 6) is 0.856. The average molecular weight is 124 g/mol. The van der Waals surface area contributed by atoms with Crippen molar-refractivity contribution in [2.24, 2.45) is 0 Å². The van der Waals surface area contributed by atoms with E-state index in [0.29, 0.717) is 0 Å². The van der Waals surface area contributed by atoms with Crippen LogP contribution in [0.15, 0.2) is 36.6 Å². The highest BCUT2D eigenvalue weighted by molar-refractivity contribution is 5.14. The van der Waals surface area contributed by atoms with Crippen molar-refractivity contribution in [1.29, 1.82) is 0 Å². The molecule has 0 aromatic carbocycles. The van der Waals surface area contributed by atoms with E-state index in [2.05, 4.69) is 6.58 Å². The summed E-state index contributed by atoms with van der Waals surface area (Å²) in [5.41, 5.74) is 0.